The highest BCUT2D eigenvalue weighted by Gasteiger charge is 2.49. The van der Waals surface area contributed by atoms with Crippen LogP contribution in [0.1, 0.15) is 18.1 Å². The van der Waals surface area contributed by atoms with Gasteiger partial charge in [-0.1, -0.05) is 18.2 Å². The molecule has 0 aliphatic carbocycles. The van der Waals surface area contributed by atoms with Crippen molar-refractivity contribution in [1.29, 1.82) is 0 Å². The predicted molar refractivity (Wildman–Crippen MR) is 79.1 cm³/mol. The van der Waals surface area contributed by atoms with Gasteiger partial charge in [0.2, 0.25) is 0 Å². The lowest BCUT2D eigenvalue weighted by Crippen LogP contribution is -2.41. The third-order valence-corrected chi connectivity index (χ3v) is 4.13. The minimum atomic E-state index is -1.64. The summed E-state index contributed by atoms with van der Waals surface area (Å²) in [4.78, 5) is 25.5. The molecule has 1 heterocycles. The molecule has 1 N–H and O–H groups in total. The second-order valence-corrected chi connectivity index (χ2v) is 5.79. The maximum Gasteiger partial charge on any atom is 0.325 e. The van der Waals surface area contributed by atoms with Crippen LogP contribution in [0.4, 0.5) is 22.4 Å². The average Bonchev–Trinajstić information content (AvgIpc) is 2.78. The molecule has 1 atom stereocenters. The number of amides is 3. The highest BCUT2D eigenvalue weighted by atomic mass is 19.2. The van der Waals surface area contributed by atoms with E-state index in [0.29, 0.717) is 4.90 Å². The van der Waals surface area contributed by atoms with Crippen molar-refractivity contribution < 1.29 is 27.2 Å². The number of imide groups is 1. The molecule has 1 saturated heterocycles. The van der Waals surface area contributed by atoms with Gasteiger partial charge in [0.1, 0.15) is 5.54 Å². The van der Waals surface area contributed by atoms with E-state index in [1.165, 1.54) is 25.1 Å². The van der Waals surface area contributed by atoms with E-state index < -0.39 is 47.3 Å². The summed E-state index contributed by atoms with van der Waals surface area (Å²) in [5.74, 6) is -5.32. The Morgan fingerprint density at radius 2 is 1.72 bits per heavy atom. The first-order valence-corrected chi connectivity index (χ1v) is 7.26. The maximum atomic E-state index is 13.8. The molecule has 0 unspecified atom stereocenters. The molecule has 2 aromatic carbocycles. The molecule has 3 amide bonds. The second kappa shape index (κ2) is 5.87. The van der Waals surface area contributed by atoms with Crippen LogP contribution in [-0.2, 0) is 16.9 Å². The molecular weight excluding hydrogens is 340 g/mol. The lowest BCUT2D eigenvalue weighted by atomic mass is 9.92. The van der Waals surface area contributed by atoms with Gasteiger partial charge in [0.05, 0.1) is 6.54 Å². The molecule has 2 aromatic rings. The summed E-state index contributed by atoms with van der Waals surface area (Å²) < 4.78 is 53.6. The monoisotopic (exact) mass is 352 g/mol. The van der Waals surface area contributed by atoms with Crippen LogP contribution >= 0.6 is 0 Å². The molecule has 25 heavy (non-hydrogen) atoms. The van der Waals surface area contributed by atoms with Gasteiger partial charge in [0.25, 0.3) is 5.91 Å². The molecule has 8 heteroatoms. The van der Waals surface area contributed by atoms with Crippen LogP contribution < -0.4 is 5.32 Å². The SMILES string of the molecule is C[C@@]1(c2ccc(F)c(F)c2)NC(=O)N(Cc2cccc(F)c2F)C1=O. The van der Waals surface area contributed by atoms with Crippen molar-refractivity contribution in [3.05, 3.63) is 70.8 Å². The zero-order valence-electron chi connectivity index (χ0n) is 12.9. The van der Waals surface area contributed by atoms with Crippen LogP contribution in [-0.4, -0.2) is 16.8 Å². The Hall–Kier alpha value is -2.90. The van der Waals surface area contributed by atoms with Gasteiger partial charge in [-0.3, -0.25) is 9.69 Å². The fraction of sp³-hybridized carbons (Fsp3) is 0.176. The van der Waals surface area contributed by atoms with Gasteiger partial charge in [-0.15, -0.1) is 0 Å². The average molecular weight is 352 g/mol. The van der Waals surface area contributed by atoms with E-state index in [9.17, 15) is 27.2 Å². The molecule has 0 radical (unpaired) electrons. The van der Waals surface area contributed by atoms with Crippen LogP contribution in [0.3, 0.4) is 0 Å². The fourth-order valence-electron chi connectivity index (χ4n) is 2.68. The number of halogens is 4. The van der Waals surface area contributed by atoms with Gasteiger partial charge >= 0.3 is 6.03 Å². The summed E-state index contributed by atoms with van der Waals surface area (Å²) in [6.07, 6.45) is 0. The van der Waals surface area contributed by atoms with Crippen molar-refractivity contribution in [3.63, 3.8) is 0 Å². The molecule has 130 valence electrons. The van der Waals surface area contributed by atoms with E-state index in [0.717, 1.165) is 18.2 Å². The maximum absolute atomic E-state index is 13.8. The van der Waals surface area contributed by atoms with Gasteiger partial charge in [-0.25, -0.2) is 22.4 Å². The Morgan fingerprint density at radius 3 is 2.40 bits per heavy atom. The summed E-state index contributed by atoms with van der Waals surface area (Å²) in [5, 5.41) is 2.38. The zero-order chi connectivity index (χ0) is 18.4. The van der Waals surface area contributed by atoms with Gasteiger partial charge in [0, 0.05) is 5.56 Å². The van der Waals surface area contributed by atoms with E-state index in [1.807, 2.05) is 0 Å². The molecule has 1 aliphatic heterocycles. The Morgan fingerprint density at radius 1 is 1.00 bits per heavy atom. The Balaban J connectivity index is 1.94. The van der Waals surface area contributed by atoms with Crippen molar-refractivity contribution in [2.24, 2.45) is 0 Å². The molecular formula is C17H12F4N2O2. The quantitative estimate of drug-likeness (QED) is 0.681. The normalized spacial score (nSPS) is 20.1. The number of nitrogens with one attached hydrogen (secondary N) is 1. The number of benzene rings is 2. The van der Waals surface area contributed by atoms with Gasteiger partial charge in [0.15, 0.2) is 23.3 Å². The fourth-order valence-corrected chi connectivity index (χ4v) is 2.68. The zero-order valence-corrected chi connectivity index (χ0v) is 12.9. The molecule has 0 saturated carbocycles. The van der Waals surface area contributed by atoms with Gasteiger partial charge in [-0.05, 0) is 30.7 Å². The lowest BCUT2D eigenvalue weighted by Gasteiger charge is -2.22. The van der Waals surface area contributed by atoms with E-state index in [1.54, 1.807) is 0 Å². The van der Waals surface area contributed by atoms with Crippen molar-refractivity contribution in [1.82, 2.24) is 10.2 Å². The summed E-state index contributed by atoms with van der Waals surface area (Å²) in [6, 6.07) is 5.37. The van der Waals surface area contributed by atoms with Crippen LogP contribution in [0, 0.1) is 23.3 Å². The number of hydrogen-bond donors (Lipinski definition) is 1. The first kappa shape index (κ1) is 16.9. The second-order valence-electron chi connectivity index (χ2n) is 5.79. The van der Waals surface area contributed by atoms with Crippen molar-refractivity contribution in [2.45, 2.75) is 19.0 Å². The van der Waals surface area contributed by atoms with Gasteiger partial charge in [-0.2, -0.15) is 0 Å². The first-order valence-electron chi connectivity index (χ1n) is 7.26. The molecule has 0 spiro atoms. The number of hydrogen-bond acceptors (Lipinski definition) is 2. The van der Waals surface area contributed by atoms with Crippen molar-refractivity contribution in [2.75, 3.05) is 0 Å². The van der Waals surface area contributed by atoms with E-state index >= 15 is 0 Å². The third-order valence-electron chi connectivity index (χ3n) is 4.13. The summed E-state index contributed by atoms with van der Waals surface area (Å²) in [5.41, 5.74) is -1.79. The topological polar surface area (TPSA) is 49.4 Å². The Labute approximate surface area is 140 Å². The summed E-state index contributed by atoms with van der Waals surface area (Å²) in [6.45, 7) is 0.829. The highest BCUT2D eigenvalue weighted by molar-refractivity contribution is 6.07. The smallest absolute Gasteiger partial charge is 0.319 e. The minimum absolute atomic E-state index is 0.0342. The van der Waals surface area contributed by atoms with Crippen LogP contribution in [0.2, 0.25) is 0 Å². The minimum Gasteiger partial charge on any atom is -0.319 e. The van der Waals surface area contributed by atoms with Crippen LogP contribution in [0.15, 0.2) is 36.4 Å². The van der Waals surface area contributed by atoms with Crippen molar-refractivity contribution in [3.8, 4) is 0 Å². The third kappa shape index (κ3) is 2.73. The molecule has 4 nitrogen and oxygen atoms in total. The summed E-state index contributed by atoms with van der Waals surface area (Å²) in [7, 11) is 0. The Bertz CT molecular complexity index is 887. The standard InChI is InChI=1S/C17H12F4N2O2/c1-17(10-5-6-11(18)13(20)7-10)15(24)23(16(25)22-17)8-9-3-2-4-12(19)14(9)21/h2-7H,8H2,1H3,(H,22,25)/t17-/m0/s1. The van der Waals surface area contributed by atoms with Crippen molar-refractivity contribution >= 4 is 11.9 Å². The van der Waals surface area contributed by atoms with Crippen LogP contribution in [0.5, 0.6) is 0 Å². The number of rotatable bonds is 3. The number of carbonyl (C=O) groups excluding carboxylic acids is 2. The Kier molecular flexibility index (Phi) is 3.98. The van der Waals surface area contributed by atoms with E-state index in [-0.39, 0.29) is 11.1 Å². The van der Waals surface area contributed by atoms with E-state index in [2.05, 4.69) is 5.32 Å². The van der Waals surface area contributed by atoms with Gasteiger partial charge < -0.3 is 5.32 Å². The molecule has 0 aromatic heterocycles. The predicted octanol–water partition coefficient (Wildman–Crippen LogP) is 3.21. The van der Waals surface area contributed by atoms with E-state index in [4.69, 9.17) is 0 Å². The summed E-state index contributed by atoms with van der Waals surface area (Å²) >= 11 is 0. The molecule has 3 rings (SSSR count). The lowest BCUT2D eigenvalue weighted by molar-refractivity contribution is -0.131. The number of carbonyl (C=O) groups is 2. The molecule has 1 fully saturated rings. The highest BCUT2D eigenvalue weighted by Crippen LogP contribution is 2.31. The van der Waals surface area contributed by atoms with Crippen LogP contribution in [0.25, 0.3) is 0 Å². The largest absolute Gasteiger partial charge is 0.325 e. The number of urea groups is 1. The first-order chi connectivity index (χ1) is 11.7. The molecule has 0 bridgehead atoms. The molecule has 1 aliphatic rings. The number of nitrogens with zero attached hydrogens (tertiary/aromatic N) is 1.